The van der Waals surface area contributed by atoms with Gasteiger partial charge in [-0.2, -0.15) is 9.97 Å². The summed E-state index contributed by atoms with van der Waals surface area (Å²) < 4.78 is 0. The van der Waals surface area contributed by atoms with Crippen molar-refractivity contribution >= 4 is 64.2 Å². The van der Waals surface area contributed by atoms with Gasteiger partial charge in [-0.15, -0.1) is 0 Å². The zero-order chi connectivity index (χ0) is 44.2. The fraction of sp³-hybridized carbons (Fsp3) is 0.526. The van der Waals surface area contributed by atoms with Crippen LogP contribution in [-0.2, 0) is 30.5 Å². The molecule has 4 amide bonds. The number of nitrogen functional groups attached to an aromatic ring is 2. The van der Waals surface area contributed by atoms with E-state index in [-0.39, 0.29) is 55.1 Å². The third-order valence-corrected chi connectivity index (χ3v) is 9.47. The Morgan fingerprint density at radius 2 is 1.18 bits per heavy atom. The van der Waals surface area contributed by atoms with Crippen molar-refractivity contribution in [2.45, 2.75) is 101 Å². The summed E-state index contributed by atoms with van der Waals surface area (Å²) in [6.45, 7) is 1.35. The van der Waals surface area contributed by atoms with Gasteiger partial charge < -0.3 is 65.0 Å². The van der Waals surface area contributed by atoms with Gasteiger partial charge in [-0.1, -0.05) is 0 Å². The molecule has 3 aromatic rings. The summed E-state index contributed by atoms with van der Waals surface area (Å²) in [6.07, 6.45) is 4.36. The first kappa shape index (κ1) is 48.1. The summed E-state index contributed by atoms with van der Waals surface area (Å²) in [5.74, 6) is -5.25. The number of hydrogen-bond donors (Lipinski definition) is 11. The summed E-state index contributed by atoms with van der Waals surface area (Å²) in [6, 6.07) is 1.49. The number of nitrogens with two attached hydrogens (primary N) is 5. The van der Waals surface area contributed by atoms with Crippen LogP contribution < -0.4 is 54.8 Å². The first-order valence-electron chi connectivity index (χ1n) is 19.8. The highest BCUT2D eigenvalue weighted by atomic mass is 16.4. The number of nitrogens with one attached hydrogen (secondary N) is 4. The number of hydrogen-bond acceptors (Lipinski definition) is 16. The van der Waals surface area contributed by atoms with Crippen LogP contribution >= 0.6 is 0 Å². The fourth-order valence-corrected chi connectivity index (χ4v) is 6.12. The Kier molecular flexibility index (Phi) is 19.7. The lowest BCUT2D eigenvalue weighted by Crippen LogP contribution is -2.55. The Morgan fingerprint density at radius 3 is 1.73 bits per heavy atom. The number of nitrogens with zero attached hydrogens (tertiary/aromatic N) is 5. The summed E-state index contributed by atoms with van der Waals surface area (Å²) in [4.78, 5) is 95.6. The van der Waals surface area contributed by atoms with E-state index in [1.165, 1.54) is 18.3 Å². The molecule has 328 valence electrons. The van der Waals surface area contributed by atoms with E-state index in [9.17, 15) is 39.0 Å². The summed E-state index contributed by atoms with van der Waals surface area (Å²) in [7, 11) is 1.80. The Morgan fingerprint density at radius 1 is 0.667 bits per heavy atom. The number of anilines is 3. The van der Waals surface area contributed by atoms with Crippen LogP contribution in [-0.4, -0.2) is 117 Å². The molecule has 60 heavy (non-hydrogen) atoms. The zero-order valence-electron chi connectivity index (χ0n) is 33.8. The Hall–Kier alpha value is -6.26. The van der Waals surface area contributed by atoms with Crippen LogP contribution in [0, 0.1) is 0 Å². The number of fused-ring (bicyclic) bond motifs is 1. The third-order valence-electron chi connectivity index (χ3n) is 9.47. The van der Waals surface area contributed by atoms with Gasteiger partial charge in [0, 0.05) is 24.7 Å². The maximum Gasteiger partial charge on any atom is 0.326 e. The molecular weight excluding hydrogens is 781 g/mol. The minimum Gasteiger partial charge on any atom is -0.480 e. The molecule has 2 aromatic heterocycles. The number of unbranched alkanes of at least 4 members (excludes halogenated alkanes) is 3. The van der Waals surface area contributed by atoms with E-state index < -0.39 is 59.7 Å². The minimum atomic E-state index is -1.45. The Labute approximate surface area is 347 Å². The van der Waals surface area contributed by atoms with Crippen molar-refractivity contribution in [3.05, 3.63) is 41.7 Å². The predicted octanol–water partition coefficient (Wildman–Crippen LogP) is -0.890. The van der Waals surface area contributed by atoms with Crippen LogP contribution in [0.25, 0.3) is 11.2 Å². The monoisotopic (exact) mass is 838 g/mol. The molecule has 22 heteroatoms. The molecule has 1 aromatic carbocycles. The molecule has 4 atom stereocenters. The second kappa shape index (κ2) is 24.6. The molecule has 0 aliphatic rings. The number of benzene rings is 1. The summed E-state index contributed by atoms with van der Waals surface area (Å²) >= 11 is 0. The normalized spacial score (nSPS) is 13.1. The first-order valence-corrected chi connectivity index (χ1v) is 19.8. The Balaban J connectivity index is 1.62. The van der Waals surface area contributed by atoms with Crippen LogP contribution in [0.2, 0.25) is 0 Å². The van der Waals surface area contributed by atoms with Gasteiger partial charge in [0.1, 0.15) is 24.2 Å². The molecule has 3 rings (SSSR count). The van der Waals surface area contributed by atoms with E-state index in [4.69, 9.17) is 28.7 Å². The molecule has 0 saturated heterocycles. The molecule has 2 heterocycles. The molecule has 22 nitrogen and oxygen atoms in total. The molecule has 0 fully saturated rings. The van der Waals surface area contributed by atoms with Crippen LogP contribution in [0.1, 0.15) is 86.7 Å². The molecule has 0 aliphatic carbocycles. The van der Waals surface area contributed by atoms with E-state index in [1.807, 2.05) is 4.90 Å². The maximum atomic E-state index is 13.6. The van der Waals surface area contributed by atoms with Crippen molar-refractivity contribution in [1.82, 2.24) is 41.2 Å². The van der Waals surface area contributed by atoms with Crippen molar-refractivity contribution in [1.29, 1.82) is 0 Å². The van der Waals surface area contributed by atoms with Gasteiger partial charge in [0.05, 0.1) is 18.4 Å². The standard InChI is InChI=1S/C38H58N14O8/c1-52(21-23-20-44-32-30(45-23)31(42)50-38(43)51-32)24-13-11-22(12-14-24)33(54)48-28(37(59)60)15-16-29(53)46-25(8-2-5-17-39)34(55)47-26(9-3-6-18-40)35(56)49-27(36(57)58)10-4-7-19-41/h11-14,20,25-28H,2-10,15-19,21,39-41H2,1H3,(H,46,53)(H,47,55)(H,48,54)(H,49,56)(H,57,58)(H,59,60)(H4,42,43,44,50,51). The second-order valence-corrected chi connectivity index (χ2v) is 14.2. The fourth-order valence-electron chi connectivity index (χ4n) is 6.12. The molecule has 16 N–H and O–H groups in total. The lowest BCUT2D eigenvalue weighted by Gasteiger charge is -2.25. The Bertz CT molecular complexity index is 1920. The third kappa shape index (κ3) is 15.5. The SMILES string of the molecule is CN(Cc1cnc2nc(N)nc(N)c2n1)c1ccc(C(=O)NC(CCC(=O)NC(CCCCN)C(=O)NC(CCCCN)C(=O)NC(CCCCN)C(=O)O)C(=O)O)cc1. The number of carboxylic acids is 2. The van der Waals surface area contributed by atoms with Crippen molar-refractivity contribution in [2.75, 3.05) is 43.0 Å². The van der Waals surface area contributed by atoms with Gasteiger partial charge >= 0.3 is 11.9 Å². The topological polar surface area (TPSA) is 376 Å². The van der Waals surface area contributed by atoms with Crippen molar-refractivity contribution < 1.29 is 39.0 Å². The number of amides is 4. The maximum absolute atomic E-state index is 13.6. The zero-order valence-corrected chi connectivity index (χ0v) is 33.8. The van der Waals surface area contributed by atoms with E-state index >= 15 is 0 Å². The van der Waals surface area contributed by atoms with Crippen LogP contribution in [0.15, 0.2) is 30.5 Å². The number of rotatable bonds is 27. The molecule has 0 saturated carbocycles. The average Bonchev–Trinajstić information content (AvgIpc) is 3.21. The highest BCUT2D eigenvalue weighted by molar-refractivity contribution is 5.97. The van der Waals surface area contributed by atoms with E-state index in [1.54, 1.807) is 19.2 Å². The highest BCUT2D eigenvalue weighted by Crippen LogP contribution is 2.19. The van der Waals surface area contributed by atoms with Crippen LogP contribution in [0.5, 0.6) is 0 Å². The number of aliphatic carboxylic acids is 2. The molecule has 4 unspecified atom stereocenters. The first-order chi connectivity index (χ1) is 28.7. The highest BCUT2D eigenvalue weighted by Gasteiger charge is 2.30. The van der Waals surface area contributed by atoms with Gasteiger partial charge in [-0.25, -0.2) is 19.6 Å². The lowest BCUT2D eigenvalue weighted by molar-refractivity contribution is -0.142. The largest absolute Gasteiger partial charge is 0.480 e. The predicted molar refractivity (Wildman–Crippen MR) is 223 cm³/mol. The van der Waals surface area contributed by atoms with E-state index in [0.29, 0.717) is 81.6 Å². The van der Waals surface area contributed by atoms with Crippen LogP contribution in [0.4, 0.5) is 17.5 Å². The van der Waals surface area contributed by atoms with Gasteiger partial charge in [0.2, 0.25) is 23.7 Å². The molecule has 0 aliphatic heterocycles. The second-order valence-electron chi connectivity index (χ2n) is 14.2. The molecule has 0 bridgehead atoms. The minimum absolute atomic E-state index is 0.0155. The quantitative estimate of drug-likeness (QED) is 0.0415. The summed E-state index contributed by atoms with van der Waals surface area (Å²) in [5.41, 5.74) is 30.4. The van der Waals surface area contributed by atoms with Crippen LogP contribution in [0.3, 0.4) is 0 Å². The van der Waals surface area contributed by atoms with Crippen molar-refractivity contribution in [3.8, 4) is 0 Å². The van der Waals surface area contributed by atoms with Gasteiger partial charge in [-0.05, 0) is 108 Å². The van der Waals surface area contributed by atoms with Gasteiger partial charge in [-0.3, -0.25) is 19.2 Å². The lowest BCUT2D eigenvalue weighted by atomic mass is 10.0. The summed E-state index contributed by atoms with van der Waals surface area (Å²) in [5, 5.41) is 29.8. The molecular formula is C38H58N14O8. The smallest absolute Gasteiger partial charge is 0.326 e. The molecule has 0 radical (unpaired) electrons. The molecule has 0 spiro atoms. The number of carboxylic acid groups (broad SMARTS) is 2. The number of aromatic nitrogens is 4. The van der Waals surface area contributed by atoms with E-state index in [2.05, 4.69) is 41.2 Å². The van der Waals surface area contributed by atoms with Gasteiger partial charge in [0.15, 0.2) is 17.0 Å². The van der Waals surface area contributed by atoms with E-state index in [0.717, 1.165) is 0 Å². The number of carbonyl (C=O) groups is 6. The van der Waals surface area contributed by atoms with Crippen molar-refractivity contribution in [2.24, 2.45) is 17.2 Å². The number of carbonyl (C=O) groups excluding carboxylic acids is 4. The van der Waals surface area contributed by atoms with Crippen molar-refractivity contribution in [3.63, 3.8) is 0 Å². The van der Waals surface area contributed by atoms with Gasteiger partial charge in [0.25, 0.3) is 5.91 Å². The average molecular weight is 839 g/mol.